The molecule has 0 fully saturated rings. The third kappa shape index (κ3) is 16.8. The first kappa shape index (κ1) is 45.0. The number of hydrogen-bond donors (Lipinski definition) is 0. The van der Waals surface area contributed by atoms with Crippen molar-refractivity contribution < 1.29 is 21.2 Å². The second kappa shape index (κ2) is 29.0. The molecule has 0 amide bonds. The monoisotopic (exact) mass is 684 g/mol. The Hall–Kier alpha value is -1.99. The largest absolute Gasteiger partial charge is 2.00 e. The summed E-state index contributed by atoms with van der Waals surface area (Å²) in [6, 6.07) is 17.9. The minimum absolute atomic E-state index is 0. The molecule has 2 aromatic carbocycles. The molecule has 1 aliphatic rings. The Morgan fingerprint density at radius 2 is 0.851 bits per heavy atom. The molecule has 0 bridgehead atoms. The number of nitrogens with zero attached hydrogens (tertiary/aromatic N) is 2. The van der Waals surface area contributed by atoms with E-state index in [4.69, 9.17) is 0 Å². The van der Waals surface area contributed by atoms with E-state index in [1.807, 2.05) is 0 Å². The van der Waals surface area contributed by atoms with Gasteiger partial charge in [0.1, 0.15) is 0 Å². The van der Waals surface area contributed by atoms with Crippen LogP contribution in [0.3, 0.4) is 0 Å². The van der Waals surface area contributed by atoms with Crippen LogP contribution in [-0.2, 0) is 29.3 Å². The topological polar surface area (TPSA) is 25.3 Å². The van der Waals surface area contributed by atoms with Crippen molar-refractivity contribution in [1.82, 2.24) is 0 Å². The van der Waals surface area contributed by atoms with Gasteiger partial charge in [0.05, 0.1) is 0 Å². The van der Waals surface area contributed by atoms with E-state index in [0.29, 0.717) is 0 Å². The van der Waals surface area contributed by atoms with Gasteiger partial charge in [-0.05, 0) is 86.8 Å². The molecule has 0 radical (unpaired) electrons. The first-order valence-electron chi connectivity index (χ1n) is 19.2. The Morgan fingerprint density at radius 1 is 0.489 bits per heavy atom. The molecule has 3 heteroatoms. The minimum atomic E-state index is 0. The zero-order valence-corrected chi connectivity index (χ0v) is 32.4. The molecule has 2 aromatic rings. The minimum Gasteiger partial charge on any atom is -0.493 e. The SMILES string of the molecule is CCCCCCC1=C(c2cccc(CCCCC)c2)[N+](=[N-])C(c2cccc(CCCCC)c2)=C1CCCC.[CH2-]CCC.[CH2-]CCC.[Ni+2]. The maximum atomic E-state index is 11.9. The molecule has 1 aliphatic heterocycles. The van der Waals surface area contributed by atoms with E-state index in [2.05, 4.69) is 104 Å². The number of rotatable bonds is 20. The maximum absolute atomic E-state index is 11.9. The molecule has 47 heavy (non-hydrogen) atoms. The summed E-state index contributed by atoms with van der Waals surface area (Å²) in [6.07, 6.45) is 23.5. The van der Waals surface area contributed by atoms with Crippen LogP contribution in [0.2, 0.25) is 0 Å². The quantitative estimate of drug-likeness (QED) is 0.0574. The smallest absolute Gasteiger partial charge is 0.493 e. The molecular weight excluding hydrogens is 615 g/mol. The molecule has 0 saturated carbocycles. The zero-order chi connectivity index (χ0) is 34.0. The van der Waals surface area contributed by atoms with Crippen LogP contribution >= 0.6 is 0 Å². The summed E-state index contributed by atoms with van der Waals surface area (Å²) in [5.74, 6) is 0. The van der Waals surface area contributed by atoms with E-state index in [1.165, 1.54) is 99.3 Å². The fourth-order valence-electron chi connectivity index (χ4n) is 5.77. The summed E-state index contributed by atoms with van der Waals surface area (Å²) in [6.45, 7) is 20.5. The van der Waals surface area contributed by atoms with Crippen LogP contribution in [0.25, 0.3) is 16.9 Å². The third-order valence-corrected chi connectivity index (χ3v) is 8.67. The average Bonchev–Trinajstić information content (AvgIpc) is 3.36. The van der Waals surface area contributed by atoms with Gasteiger partial charge in [-0.3, -0.25) is 0 Å². The molecule has 0 aromatic heterocycles. The van der Waals surface area contributed by atoms with E-state index in [-0.39, 0.29) is 16.5 Å². The van der Waals surface area contributed by atoms with Gasteiger partial charge in [-0.25, -0.2) is 4.70 Å². The van der Waals surface area contributed by atoms with Gasteiger partial charge >= 0.3 is 16.5 Å². The van der Waals surface area contributed by atoms with Crippen LogP contribution < -0.4 is 0 Å². The van der Waals surface area contributed by atoms with Crippen LogP contribution in [0.1, 0.15) is 179 Å². The van der Waals surface area contributed by atoms with Crippen molar-refractivity contribution in [3.05, 3.63) is 101 Å². The summed E-state index contributed by atoms with van der Waals surface area (Å²) in [5, 5.41) is 0. The summed E-state index contributed by atoms with van der Waals surface area (Å²) in [4.78, 5) is 0. The zero-order valence-electron chi connectivity index (χ0n) is 31.4. The van der Waals surface area contributed by atoms with Crippen molar-refractivity contribution >= 4 is 11.4 Å². The molecule has 0 saturated heterocycles. The van der Waals surface area contributed by atoms with E-state index in [1.54, 1.807) is 4.70 Å². The molecule has 266 valence electrons. The van der Waals surface area contributed by atoms with Gasteiger partial charge in [0.2, 0.25) is 11.4 Å². The molecular formula is C44H70N2Ni. The van der Waals surface area contributed by atoms with Crippen LogP contribution in [0.15, 0.2) is 59.7 Å². The van der Waals surface area contributed by atoms with E-state index in [9.17, 15) is 5.53 Å². The summed E-state index contributed by atoms with van der Waals surface area (Å²) >= 11 is 0. The van der Waals surface area contributed by atoms with E-state index >= 15 is 0 Å². The molecule has 0 spiro atoms. The van der Waals surface area contributed by atoms with Gasteiger partial charge in [-0.15, -0.1) is 0 Å². The Kier molecular flexibility index (Phi) is 27.8. The fourth-order valence-corrected chi connectivity index (χ4v) is 5.77. The van der Waals surface area contributed by atoms with Gasteiger partial charge < -0.3 is 19.4 Å². The fraction of sp³-hybridized carbons (Fsp3) is 0.591. The molecule has 1 heterocycles. The summed E-state index contributed by atoms with van der Waals surface area (Å²) in [7, 11) is 0. The van der Waals surface area contributed by atoms with Crippen molar-refractivity contribution in [2.24, 2.45) is 0 Å². The molecule has 0 unspecified atom stereocenters. The predicted octanol–water partition coefficient (Wildman–Crippen LogP) is 14.7. The normalized spacial score (nSPS) is 12.4. The van der Waals surface area contributed by atoms with E-state index in [0.717, 1.165) is 73.9 Å². The first-order valence-corrected chi connectivity index (χ1v) is 19.2. The van der Waals surface area contributed by atoms with Crippen LogP contribution in [0, 0.1) is 13.8 Å². The van der Waals surface area contributed by atoms with Crippen LogP contribution in [0.5, 0.6) is 0 Å². The van der Waals surface area contributed by atoms with Gasteiger partial charge in [0, 0.05) is 22.3 Å². The maximum Gasteiger partial charge on any atom is 2.00 e. The summed E-state index contributed by atoms with van der Waals surface area (Å²) < 4.78 is 1.57. The molecule has 3 rings (SSSR count). The molecule has 0 aliphatic carbocycles. The number of unbranched alkanes of at least 4 members (excludes halogenated alkanes) is 10. The predicted molar refractivity (Wildman–Crippen MR) is 206 cm³/mol. The van der Waals surface area contributed by atoms with Gasteiger partial charge in [0.15, 0.2) is 0 Å². The van der Waals surface area contributed by atoms with Gasteiger partial charge in [-0.2, -0.15) is 12.8 Å². The Balaban J connectivity index is 0.00000211. The number of allylic oxidation sites excluding steroid dienone is 2. The molecule has 2 nitrogen and oxygen atoms in total. The Bertz CT molecular complexity index is 1150. The Labute approximate surface area is 302 Å². The third-order valence-electron chi connectivity index (χ3n) is 8.67. The Morgan fingerprint density at radius 3 is 1.23 bits per heavy atom. The van der Waals surface area contributed by atoms with Crippen molar-refractivity contribution in [2.45, 2.75) is 170 Å². The van der Waals surface area contributed by atoms with Crippen LogP contribution in [-0.4, -0.2) is 4.70 Å². The second-order valence-electron chi connectivity index (χ2n) is 12.9. The van der Waals surface area contributed by atoms with Crippen molar-refractivity contribution in [1.29, 1.82) is 0 Å². The number of hydrogen-bond acceptors (Lipinski definition) is 0. The average molecular weight is 686 g/mol. The standard InChI is InChI=1S/C36H52N2.2C4H9.Ni/c1-5-9-13-16-26-34-33(25-12-8-4)35(31-23-17-21-29(27-31)19-14-10-6-2)38(37)36(34)32-24-18-22-30(28-32)20-15-11-7-3;2*1-3-4-2;/h17-18,21-24,27-28H,5-16,19-20,25-26H2,1-4H3;2*1,3-4H2,2H3;/q;2*-1;+2. The number of aryl methyl sites for hydroxylation is 2. The van der Waals surface area contributed by atoms with Crippen molar-refractivity contribution in [3.63, 3.8) is 0 Å². The molecule has 0 atom stereocenters. The first-order chi connectivity index (χ1) is 22.5. The number of benzene rings is 2. The van der Waals surface area contributed by atoms with Crippen molar-refractivity contribution in [3.8, 4) is 0 Å². The van der Waals surface area contributed by atoms with E-state index < -0.39 is 0 Å². The van der Waals surface area contributed by atoms with Gasteiger partial charge in [0.25, 0.3) is 0 Å². The molecule has 0 N–H and O–H groups in total. The van der Waals surface area contributed by atoms with Crippen molar-refractivity contribution in [2.75, 3.05) is 0 Å². The van der Waals surface area contributed by atoms with Crippen LogP contribution in [0.4, 0.5) is 0 Å². The second-order valence-corrected chi connectivity index (χ2v) is 12.9. The van der Waals surface area contributed by atoms with Gasteiger partial charge in [-0.1, -0.05) is 130 Å². The summed E-state index contributed by atoms with van der Waals surface area (Å²) in [5.41, 5.74) is 21.8.